The second-order valence-electron chi connectivity index (χ2n) is 3.87. The van der Waals surface area contributed by atoms with Gasteiger partial charge < -0.3 is 5.11 Å². The lowest BCUT2D eigenvalue weighted by Gasteiger charge is -2.03. The van der Waals surface area contributed by atoms with Gasteiger partial charge in [-0.25, -0.2) is 0 Å². The Bertz CT molecular complexity index is 696. The van der Waals surface area contributed by atoms with Gasteiger partial charge in [0.05, 0.1) is 0 Å². The van der Waals surface area contributed by atoms with Gasteiger partial charge in [0.25, 0.3) is 0 Å². The van der Waals surface area contributed by atoms with Gasteiger partial charge in [0.1, 0.15) is 17.4 Å². The molecule has 2 aromatic rings. The Morgan fingerprint density at radius 1 is 1.00 bits per heavy atom. The lowest BCUT2D eigenvalue weighted by molar-refractivity contribution is 0.104. The van der Waals surface area contributed by atoms with Crippen molar-refractivity contribution in [2.45, 2.75) is 0 Å². The smallest absolute Gasteiger partial charge is 0.194 e. The van der Waals surface area contributed by atoms with Gasteiger partial charge in [-0.3, -0.25) is 4.79 Å². The maximum absolute atomic E-state index is 12.1. The summed E-state index contributed by atoms with van der Waals surface area (Å²) in [6.45, 7) is 0. The summed E-state index contributed by atoms with van der Waals surface area (Å²) in [7, 11) is 0. The second-order valence-corrected chi connectivity index (χ2v) is 3.87. The number of ketones is 1. The van der Waals surface area contributed by atoms with Crippen LogP contribution in [0.1, 0.15) is 21.5 Å². The molecule has 0 fully saturated rings. The Kier molecular flexibility index (Phi) is 1.81. The van der Waals surface area contributed by atoms with Crippen LogP contribution in [-0.4, -0.2) is 10.9 Å². The average molecular weight is 221 g/mol. The number of nitrogens with zero attached hydrogens (tertiary/aromatic N) is 1. The number of carbonyl (C=O) groups excluding carboxylic acids is 1. The van der Waals surface area contributed by atoms with Gasteiger partial charge in [-0.1, -0.05) is 24.3 Å². The molecule has 0 unspecified atom stereocenters. The van der Waals surface area contributed by atoms with Crippen LogP contribution < -0.4 is 0 Å². The summed E-state index contributed by atoms with van der Waals surface area (Å²) in [5.74, 6) is -0.178. The molecule has 0 saturated carbocycles. The molecule has 2 aromatic carbocycles. The van der Waals surface area contributed by atoms with Gasteiger partial charge in [0.2, 0.25) is 0 Å². The van der Waals surface area contributed by atoms with Crippen LogP contribution in [0.4, 0.5) is 0 Å². The molecule has 0 bridgehead atoms. The Balaban J connectivity index is 2.47. The highest BCUT2D eigenvalue weighted by molar-refractivity contribution is 6.22. The van der Waals surface area contributed by atoms with Gasteiger partial charge in [-0.2, -0.15) is 5.26 Å². The van der Waals surface area contributed by atoms with Gasteiger partial charge in [-0.15, -0.1) is 0 Å². The monoisotopic (exact) mass is 221 g/mol. The Hall–Kier alpha value is -2.60. The molecule has 0 aliphatic heterocycles. The number of hydrogen-bond acceptors (Lipinski definition) is 3. The summed E-state index contributed by atoms with van der Waals surface area (Å²) in [6.07, 6.45) is 0. The van der Waals surface area contributed by atoms with Crippen LogP contribution in [-0.2, 0) is 0 Å². The molecule has 0 atom stereocenters. The van der Waals surface area contributed by atoms with Crippen LogP contribution in [0.5, 0.6) is 5.75 Å². The number of fused-ring (bicyclic) bond motifs is 3. The van der Waals surface area contributed by atoms with Crippen LogP contribution >= 0.6 is 0 Å². The molecule has 1 aliphatic carbocycles. The molecule has 0 heterocycles. The van der Waals surface area contributed by atoms with E-state index in [4.69, 9.17) is 5.26 Å². The molecule has 0 saturated heterocycles. The maximum Gasteiger partial charge on any atom is 0.194 e. The van der Waals surface area contributed by atoms with Crippen LogP contribution in [0.2, 0.25) is 0 Å². The van der Waals surface area contributed by atoms with Crippen molar-refractivity contribution in [3.05, 3.63) is 53.1 Å². The minimum Gasteiger partial charge on any atom is -0.507 e. The third kappa shape index (κ3) is 1.12. The summed E-state index contributed by atoms with van der Waals surface area (Å²) in [4.78, 5) is 12.1. The van der Waals surface area contributed by atoms with E-state index in [0.717, 1.165) is 5.56 Å². The highest BCUT2D eigenvalue weighted by atomic mass is 16.3. The molecule has 3 nitrogen and oxygen atoms in total. The first-order chi connectivity index (χ1) is 8.24. The van der Waals surface area contributed by atoms with E-state index in [1.165, 1.54) is 6.07 Å². The molecular weight excluding hydrogens is 214 g/mol. The molecule has 0 aromatic heterocycles. The molecule has 0 amide bonds. The third-order valence-corrected chi connectivity index (χ3v) is 2.98. The number of carbonyl (C=O) groups is 1. The van der Waals surface area contributed by atoms with Crippen LogP contribution in [0, 0.1) is 11.3 Å². The van der Waals surface area contributed by atoms with Gasteiger partial charge in [0.15, 0.2) is 5.78 Å². The molecule has 80 valence electrons. The maximum atomic E-state index is 12.1. The predicted molar refractivity (Wildman–Crippen MR) is 61.7 cm³/mol. The Morgan fingerprint density at radius 2 is 1.71 bits per heavy atom. The SMILES string of the molecule is N#Cc1c(O)ccc2c1-c1ccccc1C2=O. The largest absolute Gasteiger partial charge is 0.507 e. The first-order valence-electron chi connectivity index (χ1n) is 5.14. The number of aromatic hydroxyl groups is 1. The Morgan fingerprint density at radius 3 is 2.41 bits per heavy atom. The second kappa shape index (κ2) is 3.19. The van der Waals surface area contributed by atoms with Crippen molar-refractivity contribution in [1.82, 2.24) is 0 Å². The highest BCUT2D eigenvalue weighted by Crippen LogP contribution is 2.41. The van der Waals surface area contributed by atoms with Crippen molar-refractivity contribution in [2.75, 3.05) is 0 Å². The van der Waals surface area contributed by atoms with E-state index in [1.54, 1.807) is 24.3 Å². The minimum absolute atomic E-state index is 0.0873. The van der Waals surface area contributed by atoms with Crippen LogP contribution in [0.25, 0.3) is 11.1 Å². The standard InChI is InChI=1S/C14H7NO2/c15-7-11-12(16)6-5-10-13(11)8-3-1-2-4-9(8)14(10)17/h1-6,16H. The number of phenols is 1. The highest BCUT2D eigenvalue weighted by Gasteiger charge is 2.29. The quantitative estimate of drug-likeness (QED) is 0.634. The molecule has 0 radical (unpaired) electrons. The van der Waals surface area contributed by atoms with Gasteiger partial charge in [0, 0.05) is 16.7 Å². The molecule has 0 spiro atoms. The summed E-state index contributed by atoms with van der Waals surface area (Å²) >= 11 is 0. The summed E-state index contributed by atoms with van der Waals surface area (Å²) < 4.78 is 0. The van der Waals surface area contributed by atoms with Crippen molar-refractivity contribution < 1.29 is 9.90 Å². The van der Waals surface area contributed by atoms with Crippen molar-refractivity contribution in [3.8, 4) is 22.9 Å². The molecule has 1 N–H and O–H groups in total. The Labute approximate surface area is 97.6 Å². The normalized spacial score (nSPS) is 11.8. The van der Waals surface area contributed by atoms with Crippen LogP contribution in [0.3, 0.4) is 0 Å². The van der Waals surface area contributed by atoms with E-state index >= 15 is 0 Å². The van der Waals surface area contributed by atoms with Crippen molar-refractivity contribution >= 4 is 5.78 Å². The summed E-state index contributed by atoms with van der Waals surface area (Å²) in [5, 5.41) is 18.7. The zero-order valence-electron chi connectivity index (χ0n) is 8.77. The van der Waals surface area contributed by atoms with E-state index in [0.29, 0.717) is 16.7 Å². The number of nitriles is 1. The number of rotatable bonds is 0. The average Bonchev–Trinajstić information content (AvgIpc) is 2.64. The lowest BCUT2D eigenvalue weighted by Crippen LogP contribution is -1.94. The van der Waals surface area contributed by atoms with E-state index in [1.807, 2.05) is 12.1 Å². The van der Waals surface area contributed by atoms with Crippen LogP contribution in [0.15, 0.2) is 36.4 Å². The number of hydrogen-bond donors (Lipinski definition) is 1. The van der Waals surface area contributed by atoms with Crippen molar-refractivity contribution in [3.63, 3.8) is 0 Å². The molecular formula is C14H7NO2. The lowest BCUT2D eigenvalue weighted by atomic mass is 9.99. The van der Waals surface area contributed by atoms with Crippen molar-refractivity contribution in [2.24, 2.45) is 0 Å². The zero-order chi connectivity index (χ0) is 12.0. The van der Waals surface area contributed by atoms with Gasteiger partial charge in [-0.05, 0) is 17.7 Å². The molecule has 3 rings (SSSR count). The summed E-state index contributed by atoms with van der Waals surface area (Å²) in [6, 6.07) is 12.0. The first kappa shape index (κ1) is 9.61. The third-order valence-electron chi connectivity index (χ3n) is 2.98. The van der Waals surface area contributed by atoms with Gasteiger partial charge >= 0.3 is 0 Å². The molecule has 3 heteroatoms. The fourth-order valence-corrected chi connectivity index (χ4v) is 2.22. The molecule has 1 aliphatic rings. The number of phenolic OH excluding ortho intramolecular Hbond substituents is 1. The zero-order valence-corrected chi connectivity index (χ0v) is 8.77. The predicted octanol–water partition coefficient (Wildman–Crippen LogP) is 2.48. The fraction of sp³-hybridized carbons (Fsp3) is 0. The topological polar surface area (TPSA) is 61.1 Å². The first-order valence-corrected chi connectivity index (χ1v) is 5.14. The number of benzene rings is 2. The molecule has 17 heavy (non-hydrogen) atoms. The van der Waals surface area contributed by atoms with E-state index in [9.17, 15) is 9.90 Å². The summed E-state index contributed by atoms with van der Waals surface area (Å²) in [5.41, 5.74) is 2.51. The van der Waals surface area contributed by atoms with E-state index in [-0.39, 0.29) is 17.1 Å². The van der Waals surface area contributed by atoms with E-state index < -0.39 is 0 Å². The van der Waals surface area contributed by atoms with E-state index in [2.05, 4.69) is 0 Å². The van der Waals surface area contributed by atoms with Crippen molar-refractivity contribution in [1.29, 1.82) is 5.26 Å². The fourth-order valence-electron chi connectivity index (χ4n) is 2.22. The minimum atomic E-state index is -0.0906.